The molecule has 2 aromatic rings. The van der Waals surface area contributed by atoms with Gasteiger partial charge in [0.25, 0.3) is 5.69 Å². The predicted octanol–water partition coefficient (Wildman–Crippen LogP) is 2.71. The molecule has 0 fully saturated rings. The van der Waals surface area contributed by atoms with Gasteiger partial charge < -0.3 is 9.52 Å². The van der Waals surface area contributed by atoms with Gasteiger partial charge in [-0.05, 0) is 13.0 Å². The molecule has 0 aliphatic heterocycles. The molecular weight excluding hydrogens is 270 g/mol. The highest BCUT2D eigenvalue weighted by atomic mass is 32.2. The Labute approximate surface area is 111 Å². The molecule has 1 N–H and O–H groups in total. The van der Waals surface area contributed by atoms with Gasteiger partial charge in [0.2, 0.25) is 0 Å². The van der Waals surface area contributed by atoms with E-state index < -0.39 is 10.5 Å². The zero-order valence-corrected chi connectivity index (χ0v) is 10.6. The number of aryl methyl sites for hydroxylation is 1. The number of benzene rings is 1. The third kappa shape index (κ3) is 2.76. The lowest BCUT2D eigenvalue weighted by atomic mass is 10.3. The molecule has 0 saturated carbocycles. The van der Waals surface area contributed by atoms with Crippen molar-refractivity contribution in [3.8, 4) is 5.75 Å². The summed E-state index contributed by atoms with van der Waals surface area (Å²) < 4.78 is 4.86. The number of nitro groups is 1. The highest BCUT2D eigenvalue weighted by Crippen LogP contribution is 2.36. The second-order valence-electron chi connectivity index (χ2n) is 3.69. The van der Waals surface area contributed by atoms with Crippen molar-refractivity contribution >= 4 is 17.4 Å². The first kappa shape index (κ1) is 13.2. The summed E-state index contributed by atoms with van der Waals surface area (Å²) in [5, 5.41) is 20.6. The quantitative estimate of drug-likeness (QED) is 0.685. The minimum atomic E-state index is -0.722. The topological polar surface area (TPSA) is 93.6 Å². The Morgan fingerprint density at radius 3 is 2.68 bits per heavy atom. The maximum atomic E-state index is 11.6. The van der Waals surface area contributed by atoms with E-state index in [0.717, 1.165) is 11.8 Å². The Bertz CT molecular complexity index is 695. The monoisotopic (exact) mass is 279 g/mol. The first-order valence-corrected chi connectivity index (χ1v) is 6.05. The van der Waals surface area contributed by atoms with E-state index in [0.29, 0.717) is 0 Å². The van der Waals surface area contributed by atoms with E-state index in [2.05, 4.69) is 0 Å². The average Bonchev–Trinajstić information content (AvgIpc) is 2.34. The smallest absolute Gasteiger partial charge is 0.353 e. The van der Waals surface area contributed by atoms with Crippen LogP contribution in [0, 0.1) is 17.0 Å². The van der Waals surface area contributed by atoms with Crippen LogP contribution < -0.4 is 5.63 Å². The molecule has 1 heterocycles. The van der Waals surface area contributed by atoms with Crippen molar-refractivity contribution in [1.29, 1.82) is 0 Å². The summed E-state index contributed by atoms with van der Waals surface area (Å²) in [6.07, 6.45) is 0. The molecule has 0 amide bonds. The number of aromatic hydroxyl groups is 1. The van der Waals surface area contributed by atoms with Gasteiger partial charge in [-0.3, -0.25) is 10.1 Å². The normalized spacial score (nSPS) is 10.4. The zero-order valence-electron chi connectivity index (χ0n) is 9.82. The molecule has 0 aliphatic rings. The third-order valence-electron chi connectivity index (χ3n) is 2.29. The lowest BCUT2D eigenvalue weighted by molar-refractivity contribution is -0.387. The van der Waals surface area contributed by atoms with Gasteiger partial charge in [0.1, 0.15) is 16.4 Å². The molecule has 0 saturated heterocycles. The fraction of sp³-hybridized carbons (Fsp3) is 0.0833. The van der Waals surface area contributed by atoms with Crippen LogP contribution in [0.15, 0.2) is 49.3 Å². The van der Waals surface area contributed by atoms with Crippen LogP contribution in [0.3, 0.4) is 0 Å². The standard InChI is InChI=1S/C12H9NO5S/c1-7-6-9(14)11(12(15)18-7)19-10-5-3-2-4-8(10)13(16)17/h2-6,14H,1H3. The molecule has 2 rings (SSSR count). The van der Waals surface area contributed by atoms with Crippen molar-refractivity contribution in [2.45, 2.75) is 16.7 Å². The van der Waals surface area contributed by atoms with E-state index in [9.17, 15) is 20.0 Å². The molecule has 7 heteroatoms. The maximum absolute atomic E-state index is 11.6. The van der Waals surface area contributed by atoms with Crippen LogP contribution in [0.4, 0.5) is 5.69 Å². The van der Waals surface area contributed by atoms with Crippen molar-refractivity contribution in [1.82, 2.24) is 0 Å². The highest BCUT2D eigenvalue weighted by molar-refractivity contribution is 7.99. The van der Waals surface area contributed by atoms with Crippen molar-refractivity contribution in [3.63, 3.8) is 0 Å². The molecule has 98 valence electrons. The summed E-state index contributed by atoms with van der Waals surface area (Å²) in [5.74, 6) is 0.0197. The highest BCUT2D eigenvalue weighted by Gasteiger charge is 2.18. The molecule has 0 unspecified atom stereocenters. The second-order valence-corrected chi connectivity index (χ2v) is 4.74. The number of para-hydroxylation sites is 1. The second kappa shape index (κ2) is 5.15. The fourth-order valence-corrected chi connectivity index (χ4v) is 2.39. The van der Waals surface area contributed by atoms with Crippen LogP contribution in [0.2, 0.25) is 0 Å². The number of hydrogen-bond donors (Lipinski definition) is 1. The minimum Gasteiger partial charge on any atom is -0.506 e. The third-order valence-corrected chi connectivity index (χ3v) is 3.43. The Morgan fingerprint density at radius 2 is 2.05 bits per heavy atom. The maximum Gasteiger partial charge on any atom is 0.353 e. The Kier molecular flexibility index (Phi) is 3.57. The first-order valence-electron chi connectivity index (χ1n) is 5.24. The van der Waals surface area contributed by atoms with E-state index in [1.54, 1.807) is 6.07 Å². The lowest BCUT2D eigenvalue weighted by Gasteiger charge is -2.04. The molecule has 0 atom stereocenters. The summed E-state index contributed by atoms with van der Waals surface area (Å²) in [7, 11) is 0. The summed E-state index contributed by atoms with van der Waals surface area (Å²) in [6.45, 7) is 1.53. The SMILES string of the molecule is Cc1cc(O)c(Sc2ccccc2[N+](=O)[O-])c(=O)o1. The van der Waals surface area contributed by atoms with Gasteiger partial charge in [-0.1, -0.05) is 23.9 Å². The minimum absolute atomic E-state index is 0.0695. The van der Waals surface area contributed by atoms with Crippen molar-refractivity contribution in [3.05, 3.63) is 56.6 Å². The van der Waals surface area contributed by atoms with Crippen molar-refractivity contribution in [2.75, 3.05) is 0 Å². The first-order chi connectivity index (χ1) is 8.99. The van der Waals surface area contributed by atoms with Gasteiger partial charge in [-0.2, -0.15) is 0 Å². The van der Waals surface area contributed by atoms with Crippen LogP contribution in [0.25, 0.3) is 0 Å². The summed E-state index contributed by atoms with van der Waals surface area (Å²) >= 11 is 0.807. The average molecular weight is 279 g/mol. The molecule has 1 aromatic heterocycles. The van der Waals surface area contributed by atoms with E-state index in [1.807, 2.05) is 0 Å². The van der Waals surface area contributed by atoms with E-state index in [4.69, 9.17) is 4.42 Å². The van der Waals surface area contributed by atoms with E-state index in [-0.39, 0.29) is 27.0 Å². The molecule has 0 radical (unpaired) electrons. The summed E-state index contributed by atoms with van der Waals surface area (Å²) in [4.78, 5) is 22.1. The number of hydrogen-bond acceptors (Lipinski definition) is 6. The largest absolute Gasteiger partial charge is 0.506 e. The van der Waals surface area contributed by atoms with Crippen LogP contribution in [0.5, 0.6) is 5.75 Å². The predicted molar refractivity (Wildman–Crippen MR) is 68.6 cm³/mol. The van der Waals surface area contributed by atoms with Crippen LogP contribution in [-0.2, 0) is 0 Å². The van der Waals surface area contributed by atoms with Gasteiger partial charge in [0.05, 0.1) is 9.82 Å². The molecular formula is C12H9NO5S. The molecule has 19 heavy (non-hydrogen) atoms. The van der Waals surface area contributed by atoms with Crippen LogP contribution >= 0.6 is 11.8 Å². The van der Waals surface area contributed by atoms with E-state index in [1.165, 1.54) is 31.2 Å². The van der Waals surface area contributed by atoms with Crippen molar-refractivity contribution in [2.24, 2.45) is 0 Å². The Hall–Kier alpha value is -2.28. The fourth-order valence-electron chi connectivity index (χ4n) is 1.48. The van der Waals surface area contributed by atoms with E-state index >= 15 is 0 Å². The summed E-state index contributed by atoms with van der Waals surface area (Å²) in [5.41, 5.74) is -0.854. The van der Waals surface area contributed by atoms with Crippen molar-refractivity contribution < 1.29 is 14.4 Å². The van der Waals surface area contributed by atoms with Gasteiger partial charge in [-0.15, -0.1) is 0 Å². The van der Waals surface area contributed by atoms with Crippen LogP contribution in [0.1, 0.15) is 5.76 Å². The molecule has 0 spiro atoms. The lowest BCUT2D eigenvalue weighted by Crippen LogP contribution is -2.03. The van der Waals surface area contributed by atoms with Gasteiger partial charge in [-0.25, -0.2) is 4.79 Å². The van der Waals surface area contributed by atoms with Gasteiger partial charge in [0, 0.05) is 12.1 Å². The molecule has 0 aliphatic carbocycles. The number of rotatable bonds is 3. The molecule has 6 nitrogen and oxygen atoms in total. The zero-order chi connectivity index (χ0) is 14.0. The number of nitrogens with zero attached hydrogens (tertiary/aromatic N) is 1. The molecule has 1 aromatic carbocycles. The Balaban J connectivity index is 2.48. The Morgan fingerprint density at radius 1 is 1.37 bits per heavy atom. The number of nitro benzene ring substituents is 1. The van der Waals surface area contributed by atoms with Gasteiger partial charge in [0.15, 0.2) is 0 Å². The summed E-state index contributed by atoms with van der Waals surface area (Å²) in [6, 6.07) is 7.26. The van der Waals surface area contributed by atoms with Crippen LogP contribution in [-0.4, -0.2) is 10.0 Å². The van der Waals surface area contributed by atoms with Gasteiger partial charge >= 0.3 is 5.63 Å². The molecule has 0 bridgehead atoms.